The maximum atomic E-state index is 11.5. The summed E-state index contributed by atoms with van der Waals surface area (Å²) < 4.78 is 0. The Bertz CT molecular complexity index is 235. The molecule has 1 aliphatic heterocycles. The van der Waals surface area contributed by atoms with Crippen LogP contribution in [0.1, 0.15) is 13.3 Å². The first-order valence-corrected chi connectivity index (χ1v) is 5.24. The quantitative estimate of drug-likeness (QED) is 0.616. The number of aliphatic hydroxyl groups is 1. The van der Waals surface area contributed by atoms with Gasteiger partial charge in [-0.25, -0.2) is 0 Å². The predicted octanol–water partition coefficient (Wildman–Crippen LogP) is -0.898. The van der Waals surface area contributed by atoms with E-state index in [2.05, 4.69) is 4.90 Å². The molecule has 1 rings (SSSR count). The molecule has 0 aromatic carbocycles. The van der Waals surface area contributed by atoms with Crippen LogP contribution in [0.2, 0.25) is 0 Å². The molecule has 1 aliphatic rings. The van der Waals surface area contributed by atoms with E-state index in [1.54, 1.807) is 4.90 Å². The molecule has 0 aliphatic carbocycles. The van der Waals surface area contributed by atoms with Crippen molar-refractivity contribution in [3.8, 4) is 0 Å². The lowest BCUT2D eigenvalue weighted by Gasteiger charge is -2.34. The molecule has 1 amide bonds. The molecule has 1 heterocycles. The fourth-order valence-electron chi connectivity index (χ4n) is 1.69. The minimum Gasteiger partial charge on any atom is -0.395 e. The van der Waals surface area contributed by atoms with Gasteiger partial charge in [-0.2, -0.15) is 0 Å². The molecule has 5 heteroatoms. The lowest BCUT2D eigenvalue weighted by Crippen LogP contribution is -2.49. The molecule has 1 N–H and O–H groups in total. The molecule has 0 bridgehead atoms. The number of β-amino-alcohol motifs (C(OH)–C–C–N with tert-alkyl or cyclic N) is 1. The summed E-state index contributed by atoms with van der Waals surface area (Å²) in [5.41, 5.74) is 0. The van der Waals surface area contributed by atoms with Crippen LogP contribution in [0.4, 0.5) is 0 Å². The van der Waals surface area contributed by atoms with E-state index in [1.807, 2.05) is 0 Å². The molecular formula is C10H18N2O3. The van der Waals surface area contributed by atoms with Gasteiger partial charge in [0.2, 0.25) is 5.91 Å². The highest BCUT2D eigenvalue weighted by atomic mass is 16.3. The summed E-state index contributed by atoms with van der Waals surface area (Å²) in [4.78, 5) is 26.1. The van der Waals surface area contributed by atoms with E-state index in [0.717, 1.165) is 13.1 Å². The molecule has 0 saturated carbocycles. The van der Waals surface area contributed by atoms with E-state index in [9.17, 15) is 9.59 Å². The number of rotatable bonds is 4. The summed E-state index contributed by atoms with van der Waals surface area (Å²) in [5.74, 6) is -0.163. The van der Waals surface area contributed by atoms with Crippen LogP contribution in [0.15, 0.2) is 0 Å². The minimum absolute atomic E-state index is 0.0139. The number of aliphatic hydroxyl groups excluding tert-OH is 1. The first kappa shape index (κ1) is 12.1. The third-order valence-electron chi connectivity index (χ3n) is 2.54. The van der Waals surface area contributed by atoms with Crippen molar-refractivity contribution in [3.05, 3.63) is 0 Å². The Morgan fingerprint density at radius 2 is 1.80 bits per heavy atom. The monoisotopic (exact) mass is 214 g/mol. The van der Waals surface area contributed by atoms with Gasteiger partial charge in [-0.3, -0.25) is 14.5 Å². The van der Waals surface area contributed by atoms with E-state index in [-0.39, 0.29) is 24.7 Å². The van der Waals surface area contributed by atoms with E-state index < -0.39 is 0 Å². The van der Waals surface area contributed by atoms with Crippen LogP contribution < -0.4 is 0 Å². The highest BCUT2D eigenvalue weighted by Gasteiger charge is 2.21. The number of nitrogens with zero attached hydrogens (tertiary/aromatic N) is 2. The molecule has 0 spiro atoms. The van der Waals surface area contributed by atoms with E-state index in [0.29, 0.717) is 19.6 Å². The van der Waals surface area contributed by atoms with Crippen molar-refractivity contribution >= 4 is 11.7 Å². The molecule has 0 aromatic heterocycles. The summed E-state index contributed by atoms with van der Waals surface area (Å²) in [6, 6.07) is 0. The summed E-state index contributed by atoms with van der Waals surface area (Å²) >= 11 is 0. The van der Waals surface area contributed by atoms with E-state index in [1.165, 1.54) is 6.92 Å². The van der Waals surface area contributed by atoms with Gasteiger partial charge >= 0.3 is 0 Å². The number of ketones is 1. The third kappa shape index (κ3) is 3.97. The number of hydrogen-bond donors (Lipinski definition) is 1. The zero-order valence-corrected chi connectivity index (χ0v) is 9.11. The van der Waals surface area contributed by atoms with Crippen molar-refractivity contribution in [1.82, 2.24) is 9.80 Å². The Morgan fingerprint density at radius 3 is 2.27 bits per heavy atom. The normalized spacial score (nSPS) is 17.9. The Hall–Kier alpha value is -0.940. The molecule has 0 aromatic rings. The van der Waals surface area contributed by atoms with Crippen molar-refractivity contribution in [1.29, 1.82) is 0 Å². The predicted molar refractivity (Wildman–Crippen MR) is 55.4 cm³/mol. The standard InChI is InChI=1S/C10H18N2O3/c1-9(14)8-10(15)12-4-2-11(3-5-12)6-7-13/h13H,2-8H2,1H3. The topological polar surface area (TPSA) is 60.9 Å². The summed E-state index contributed by atoms with van der Waals surface area (Å²) in [5, 5.41) is 8.75. The molecule has 0 radical (unpaired) electrons. The number of Topliss-reactive ketones (excluding diaryl/α,β-unsaturated/α-hetero) is 1. The highest BCUT2D eigenvalue weighted by Crippen LogP contribution is 2.03. The van der Waals surface area contributed by atoms with Crippen LogP contribution in [0.25, 0.3) is 0 Å². The minimum atomic E-state index is -0.0854. The first-order valence-electron chi connectivity index (χ1n) is 5.24. The Labute approximate surface area is 89.7 Å². The number of piperazine rings is 1. The van der Waals surface area contributed by atoms with Crippen molar-refractivity contribution in [2.24, 2.45) is 0 Å². The van der Waals surface area contributed by atoms with Gasteiger partial charge in [0.05, 0.1) is 13.0 Å². The van der Waals surface area contributed by atoms with Gasteiger partial charge < -0.3 is 10.0 Å². The summed E-state index contributed by atoms with van der Waals surface area (Å²) in [7, 11) is 0. The van der Waals surface area contributed by atoms with Crippen molar-refractivity contribution in [2.45, 2.75) is 13.3 Å². The number of hydrogen-bond acceptors (Lipinski definition) is 4. The van der Waals surface area contributed by atoms with E-state index >= 15 is 0 Å². The molecule has 5 nitrogen and oxygen atoms in total. The number of carbonyl (C=O) groups excluding carboxylic acids is 2. The Balaban J connectivity index is 2.30. The molecule has 0 unspecified atom stereocenters. The van der Waals surface area contributed by atoms with Crippen LogP contribution in [-0.2, 0) is 9.59 Å². The lowest BCUT2D eigenvalue weighted by molar-refractivity contribution is -0.136. The van der Waals surface area contributed by atoms with E-state index in [4.69, 9.17) is 5.11 Å². The second kappa shape index (κ2) is 5.82. The second-order valence-electron chi connectivity index (χ2n) is 3.82. The average Bonchev–Trinajstić information content (AvgIpc) is 2.18. The zero-order valence-electron chi connectivity index (χ0n) is 9.11. The molecule has 86 valence electrons. The molecule has 15 heavy (non-hydrogen) atoms. The van der Waals surface area contributed by atoms with Gasteiger partial charge in [0.15, 0.2) is 0 Å². The molecule has 0 atom stereocenters. The van der Waals surface area contributed by atoms with Crippen LogP contribution >= 0.6 is 0 Å². The number of carbonyl (C=O) groups is 2. The zero-order chi connectivity index (χ0) is 11.3. The van der Waals surface area contributed by atoms with Crippen molar-refractivity contribution in [2.75, 3.05) is 39.3 Å². The molecule has 1 fully saturated rings. The van der Waals surface area contributed by atoms with Crippen molar-refractivity contribution < 1.29 is 14.7 Å². The van der Waals surface area contributed by atoms with Gasteiger partial charge in [-0.1, -0.05) is 0 Å². The molecular weight excluding hydrogens is 196 g/mol. The smallest absolute Gasteiger partial charge is 0.230 e. The Kier molecular flexibility index (Phi) is 4.71. The SMILES string of the molecule is CC(=O)CC(=O)N1CCN(CCO)CC1. The second-order valence-corrected chi connectivity index (χ2v) is 3.82. The highest BCUT2D eigenvalue weighted by molar-refractivity contribution is 5.96. The first-order chi connectivity index (χ1) is 7.13. The van der Waals surface area contributed by atoms with Crippen LogP contribution in [0.5, 0.6) is 0 Å². The van der Waals surface area contributed by atoms with Crippen LogP contribution in [0, 0.1) is 0 Å². The fourth-order valence-corrected chi connectivity index (χ4v) is 1.69. The maximum Gasteiger partial charge on any atom is 0.230 e. The van der Waals surface area contributed by atoms with Gasteiger partial charge in [0.1, 0.15) is 5.78 Å². The maximum absolute atomic E-state index is 11.5. The van der Waals surface area contributed by atoms with Gasteiger partial charge in [0, 0.05) is 32.7 Å². The fraction of sp³-hybridized carbons (Fsp3) is 0.800. The molecule has 1 saturated heterocycles. The third-order valence-corrected chi connectivity index (χ3v) is 2.54. The van der Waals surface area contributed by atoms with Crippen LogP contribution in [0.3, 0.4) is 0 Å². The Morgan fingerprint density at radius 1 is 1.20 bits per heavy atom. The largest absolute Gasteiger partial charge is 0.395 e. The lowest BCUT2D eigenvalue weighted by atomic mass is 10.2. The van der Waals surface area contributed by atoms with Gasteiger partial charge in [-0.15, -0.1) is 0 Å². The number of amides is 1. The van der Waals surface area contributed by atoms with Crippen molar-refractivity contribution in [3.63, 3.8) is 0 Å². The summed E-state index contributed by atoms with van der Waals surface area (Å²) in [6.07, 6.45) is 0.0139. The average molecular weight is 214 g/mol. The van der Waals surface area contributed by atoms with Gasteiger partial charge in [-0.05, 0) is 6.92 Å². The summed E-state index contributed by atoms with van der Waals surface area (Å²) in [6.45, 7) is 5.13. The van der Waals surface area contributed by atoms with Gasteiger partial charge in [0.25, 0.3) is 0 Å². The van der Waals surface area contributed by atoms with Crippen LogP contribution in [-0.4, -0.2) is 65.9 Å².